The van der Waals surface area contributed by atoms with Gasteiger partial charge in [0.15, 0.2) is 6.10 Å². The van der Waals surface area contributed by atoms with E-state index in [1.165, 1.54) is 0 Å². The first-order valence-electron chi connectivity index (χ1n) is 6.40. The van der Waals surface area contributed by atoms with Gasteiger partial charge in [-0.1, -0.05) is 6.07 Å². The number of nitrogens with one attached hydrogen (secondary N) is 1. The molecule has 5 heteroatoms. The van der Waals surface area contributed by atoms with E-state index in [9.17, 15) is 4.79 Å². The van der Waals surface area contributed by atoms with Crippen molar-refractivity contribution in [1.82, 2.24) is 10.3 Å². The van der Waals surface area contributed by atoms with E-state index in [1.54, 1.807) is 6.20 Å². The van der Waals surface area contributed by atoms with Gasteiger partial charge in [-0.25, -0.2) is 4.79 Å². The van der Waals surface area contributed by atoms with Gasteiger partial charge in [0.1, 0.15) is 12.4 Å². The molecule has 2 heterocycles. The van der Waals surface area contributed by atoms with Crippen molar-refractivity contribution in [2.24, 2.45) is 0 Å². The molecule has 5 nitrogen and oxygen atoms in total. The van der Waals surface area contributed by atoms with Crippen LogP contribution in [0.1, 0.15) is 0 Å². The zero-order valence-electron chi connectivity index (χ0n) is 10.8. The number of rotatable bonds is 4. The fraction of sp³-hybridized carbons (Fsp3) is 0.200. The SMILES string of the molecule is O=C1NCC(COc2ccc(-c3ccccn3)cc2)O1. The highest BCUT2D eigenvalue weighted by Gasteiger charge is 2.22. The molecule has 1 N–H and O–H groups in total. The Morgan fingerprint density at radius 3 is 2.75 bits per heavy atom. The van der Waals surface area contributed by atoms with Gasteiger partial charge in [0.05, 0.1) is 12.2 Å². The number of alkyl carbamates (subject to hydrolysis) is 1. The molecule has 1 saturated heterocycles. The summed E-state index contributed by atoms with van der Waals surface area (Å²) < 4.78 is 10.6. The molecule has 1 atom stereocenters. The van der Waals surface area contributed by atoms with E-state index in [1.807, 2.05) is 42.5 Å². The van der Waals surface area contributed by atoms with Crippen molar-refractivity contribution in [3.8, 4) is 17.0 Å². The largest absolute Gasteiger partial charge is 0.490 e. The lowest BCUT2D eigenvalue weighted by atomic mass is 10.1. The second kappa shape index (κ2) is 5.61. The van der Waals surface area contributed by atoms with Crippen LogP contribution < -0.4 is 10.1 Å². The Hall–Kier alpha value is -2.56. The lowest BCUT2D eigenvalue weighted by Gasteiger charge is -2.10. The summed E-state index contributed by atoms with van der Waals surface area (Å²) in [7, 11) is 0. The molecule has 102 valence electrons. The van der Waals surface area contributed by atoms with E-state index in [2.05, 4.69) is 10.3 Å². The summed E-state index contributed by atoms with van der Waals surface area (Å²) in [6.45, 7) is 0.840. The number of pyridine rings is 1. The maximum atomic E-state index is 10.9. The van der Waals surface area contributed by atoms with Crippen LogP contribution in [-0.2, 0) is 4.74 Å². The molecule has 1 fully saturated rings. The minimum atomic E-state index is -0.385. The minimum absolute atomic E-state index is 0.224. The Balaban J connectivity index is 1.60. The number of hydrogen-bond acceptors (Lipinski definition) is 4. The Morgan fingerprint density at radius 1 is 1.25 bits per heavy atom. The van der Waals surface area contributed by atoms with Gasteiger partial charge in [-0.15, -0.1) is 0 Å². The van der Waals surface area contributed by atoms with Crippen LogP contribution in [0.5, 0.6) is 5.75 Å². The van der Waals surface area contributed by atoms with Crippen LogP contribution >= 0.6 is 0 Å². The third-order valence-corrected chi connectivity index (χ3v) is 3.00. The number of amides is 1. The molecule has 0 radical (unpaired) electrons. The van der Waals surface area contributed by atoms with E-state index in [0.717, 1.165) is 17.0 Å². The Kier molecular flexibility index (Phi) is 3.50. The van der Waals surface area contributed by atoms with E-state index >= 15 is 0 Å². The molecule has 1 aliphatic rings. The number of benzene rings is 1. The molecule has 1 amide bonds. The number of cyclic esters (lactones) is 1. The van der Waals surface area contributed by atoms with Gasteiger partial charge in [0, 0.05) is 11.8 Å². The smallest absolute Gasteiger partial charge is 0.407 e. The van der Waals surface area contributed by atoms with E-state index in [0.29, 0.717) is 13.2 Å². The molecular formula is C15H14N2O3. The summed E-state index contributed by atoms with van der Waals surface area (Å²) in [5.41, 5.74) is 1.96. The van der Waals surface area contributed by atoms with Crippen LogP contribution in [0.25, 0.3) is 11.3 Å². The number of nitrogens with zero attached hydrogens (tertiary/aromatic N) is 1. The molecule has 3 rings (SSSR count). The fourth-order valence-corrected chi connectivity index (χ4v) is 1.97. The van der Waals surface area contributed by atoms with E-state index < -0.39 is 0 Å². The molecule has 1 aliphatic heterocycles. The zero-order valence-corrected chi connectivity index (χ0v) is 10.8. The summed E-state index contributed by atoms with van der Waals surface area (Å²) in [4.78, 5) is 15.2. The Morgan fingerprint density at radius 2 is 2.10 bits per heavy atom. The standard InChI is InChI=1S/C15H14N2O3/c18-15-17-9-13(20-15)10-19-12-6-4-11(5-7-12)14-3-1-2-8-16-14/h1-8,13H,9-10H2,(H,17,18). The first-order valence-corrected chi connectivity index (χ1v) is 6.40. The third-order valence-electron chi connectivity index (χ3n) is 3.00. The monoisotopic (exact) mass is 270 g/mol. The molecule has 0 saturated carbocycles. The van der Waals surface area contributed by atoms with E-state index in [-0.39, 0.29) is 12.2 Å². The summed E-state index contributed by atoms with van der Waals surface area (Å²) in [6, 6.07) is 13.5. The second-order valence-electron chi connectivity index (χ2n) is 4.46. The highest BCUT2D eigenvalue weighted by atomic mass is 16.6. The van der Waals surface area contributed by atoms with Gasteiger partial charge < -0.3 is 14.8 Å². The maximum absolute atomic E-state index is 10.9. The molecule has 0 spiro atoms. The van der Waals surface area contributed by atoms with E-state index in [4.69, 9.17) is 9.47 Å². The average Bonchev–Trinajstić information content (AvgIpc) is 2.92. The minimum Gasteiger partial charge on any atom is -0.490 e. The average molecular weight is 270 g/mol. The lowest BCUT2D eigenvalue weighted by molar-refractivity contribution is 0.105. The van der Waals surface area contributed by atoms with Gasteiger partial charge >= 0.3 is 6.09 Å². The van der Waals surface area contributed by atoms with Crippen LogP contribution in [0, 0.1) is 0 Å². The third kappa shape index (κ3) is 2.88. The summed E-state index contributed by atoms with van der Waals surface area (Å²) in [5.74, 6) is 0.743. The van der Waals surface area contributed by atoms with Crippen molar-refractivity contribution >= 4 is 6.09 Å². The van der Waals surface area contributed by atoms with Gasteiger partial charge in [0.25, 0.3) is 0 Å². The molecule has 0 aliphatic carbocycles. The molecule has 1 aromatic heterocycles. The highest BCUT2D eigenvalue weighted by Crippen LogP contribution is 2.20. The number of carbonyl (C=O) groups is 1. The summed E-state index contributed by atoms with van der Waals surface area (Å²) in [5, 5.41) is 2.59. The second-order valence-corrected chi connectivity index (χ2v) is 4.46. The predicted molar refractivity (Wildman–Crippen MR) is 73.4 cm³/mol. The Labute approximate surface area is 116 Å². The zero-order chi connectivity index (χ0) is 13.8. The first-order chi connectivity index (χ1) is 9.81. The van der Waals surface area contributed by atoms with Crippen LogP contribution in [0.3, 0.4) is 0 Å². The van der Waals surface area contributed by atoms with Crippen molar-refractivity contribution in [2.45, 2.75) is 6.10 Å². The molecular weight excluding hydrogens is 256 g/mol. The summed E-state index contributed by atoms with van der Waals surface area (Å²) in [6.07, 6.45) is 1.16. The highest BCUT2D eigenvalue weighted by molar-refractivity contribution is 5.69. The molecule has 0 bridgehead atoms. The van der Waals surface area contributed by atoms with Gasteiger partial charge in [-0.05, 0) is 36.4 Å². The quantitative estimate of drug-likeness (QED) is 0.925. The van der Waals surface area contributed by atoms with Crippen molar-refractivity contribution < 1.29 is 14.3 Å². The first kappa shape index (κ1) is 12.5. The van der Waals surface area contributed by atoms with Gasteiger partial charge in [0.2, 0.25) is 0 Å². The number of aromatic nitrogens is 1. The van der Waals surface area contributed by atoms with Crippen LogP contribution in [0.15, 0.2) is 48.7 Å². The van der Waals surface area contributed by atoms with Crippen LogP contribution in [0.4, 0.5) is 4.79 Å². The van der Waals surface area contributed by atoms with Crippen molar-refractivity contribution in [3.63, 3.8) is 0 Å². The van der Waals surface area contributed by atoms with Crippen molar-refractivity contribution in [3.05, 3.63) is 48.7 Å². The van der Waals surface area contributed by atoms with Crippen molar-refractivity contribution in [1.29, 1.82) is 0 Å². The predicted octanol–water partition coefficient (Wildman–Crippen LogP) is 2.24. The Bertz CT molecular complexity index is 584. The van der Waals surface area contributed by atoms with Crippen molar-refractivity contribution in [2.75, 3.05) is 13.2 Å². The molecule has 2 aromatic rings. The fourth-order valence-electron chi connectivity index (χ4n) is 1.97. The number of carbonyl (C=O) groups excluding carboxylic acids is 1. The topological polar surface area (TPSA) is 60.5 Å². The molecule has 1 aromatic carbocycles. The van der Waals surface area contributed by atoms with Crippen LogP contribution in [0.2, 0.25) is 0 Å². The normalized spacial score (nSPS) is 17.4. The van der Waals surface area contributed by atoms with Gasteiger partial charge in [-0.3, -0.25) is 4.98 Å². The number of ether oxygens (including phenoxy) is 2. The summed E-state index contributed by atoms with van der Waals surface area (Å²) >= 11 is 0. The molecule has 1 unspecified atom stereocenters. The van der Waals surface area contributed by atoms with Gasteiger partial charge in [-0.2, -0.15) is 0 Å². The lowest BCUT2D eigenvalue weighted by Crippen LogP contribution is -2.21. The number of hydrogen-bond donors (Lipinski definition) is 1. The van der Waals surface area contributed by atoms with Crippen LogP contribution in [-0.4, -0.2) is 30.3 Å². The molecule has 20 heavy (non-hydrogen) atoms. The maximum Gasteiger partial charge on any atom is 0.407 e.